The molecule has 1 aliphatic carbocycles. The minimum Gasteiger partial charge on any atom is -0.497 e. The molecule has 0 saturated heterocycles. The van der Waals surface area contributed by atoms with E-state index in [0.717, 1.165) is 29.7 Å². The van der Waals surface area contributed by atoms with Gasteiger partial charge in [-0.25, -0.2) is 9.07 Å². The van der Waals surface area contributed by atoms with Gasteiger partial charge in [0.15, 0.2) is 0 Å². The van der Waals surface area contributed by atoms with Gasteiger partial charge in [-0.05, 0) is 55.3 Å². The number of halogens is 1. The number of fused-ring (bicyclic) bond motifs is 1. The van der Waals surface area contributed by atoms with Gasteiger partial charge in [-0.2, -0.15) is 5.10 Å². The standard InChI is InChI=1S/C29H33FN4O4S/c1-29(2,3)27-25-26(21-14-20(37-4)12-13-22(21)38-5)39-16-24(36)33(15-23(35)31-18-8-9-18)28(25)34(32-27)19-10-6-17(30)7-11-19/h6-7,10-14,18,26H,8-9,15-16H2,1-5H3,(H,31,35). The molecule has 1 aromatic heterocycles. The Labute approximate surface area is 231 Å². The Bertz CT molecular complexity index is 1400. The van der Waals surface area contributed by atoms with Crippen molar-refractivity contribution in [3.8, 4) is 17.2 Å². The third-order valence-electron chi connectivity index (χ3n) is 6.83. The molecule has 206 valence electrons. The van der Waals surface area contributed by atoms with E-state index in [2.05, 4.69) is 26.1 Å². The molecule has 10 heteroatoms. The summed E-state index contributed by atoms with van der Waals surface area (Å²) < 4.78 is 26.9. The average Bonchev–Trinajstić information content (AvgIpc) is 3.65. The lowest BCUT2D eigenvalue weighted by atomic mass is 9.87. The van der Waals surface area contributed by atoms with Crippen LogP contribution in [0.1, 0.15) is 55.7 Å². The molecule has 1 atom stereocenters. The molecule has 1 fully saturated rings. The number of carbonyl (C=O) groups is 2. The van der Waals surface area contributed by atoms with Crippen LogP contribution < -0.4 is 19.7 Å². The summed E-state index contributed by atoms with van der Waals surface area (Å²) in [7, 11) is 3.22. The molecule has 0 spiro atoms. The fourth-order valence-electron chi connectivity index (χ4n) is 4.77. The van der Waals surface area contributed by atoms with Gasteiger partial charge < -0.3 is 14.8 Å². The molecule has 2 aliphatic rings. The summed E-state index contributed by atoms with van der Waals surface area (Å²) in [6.45, 7) is 6.05. The first kappa shape index (κ1) is 27.1. The molecule has 1 aliphatic heterocycles. The second-order valence-corrected chi connectivity index (χ2v) is 11.9. The summed E-state index contributed by atoms with van der Waals surface area (Å²) in [5, 5.41) is 7.67. The SMILES string of the molecule is COc1ccc(OC)c(C2SCC(=O)N(CC(=O)NC3CC3)c3c2c(C(C)(C)C)nn3-c2ccc(F)cc2)c1. The fourth-order valence-corrected chi connectivity index (χ4v) is 5.98. The van der Waals surface area contributed by atoms with Crippen LogP contribution in [-0.4, -0.2) is 54.2 Å². The fraction of sp³-hybridized carbons (Fsp3) is 0.414. The molecule has 1 unspecified atom stereocenters. The molecule has 0 radical (unpaired) electrons. The largest absolute Gasteiger partial charge is 0.497 e. The van der Waals surface area contributed by atoms with Gasteiger partial charge in [0, 0.05) is 22.6 Å². The summed E-state index contributed by atoms with van der Waals surface area (Å²) in [5.74, 6) is 1.16. The number of amides is 2. The van der Waals surface area contributed by atoms with Gasteiger partial charge in [0.2, 0.25) is 11.8 Å². The van der Waals surface area contributed by atoms with Crippen LogP contribution in [-0.2, 0) is 15.0 Å². The van der Waals surface area contributed by atoms with Crippen molar-refractivity contribution in [3.63, 3.8) is 0 Å². The van der Waals surface area contributed by atoms with Crippen LogP contribution in [0, 0.1) is 5.82 Å². The molecule has 2 heterocycles. The van der Waals surface area contributed by atoms with Crippen LogP contribution in [0.25, 0.3) is 5.69 Å². The van der Waals surface area contributed by atoms with E-state index < -0.39 is 5.41 Å². The Kier molecular flexibility index (Phi) is 7.33. The van der Waals surface area contributed by atoms with Gasteiger partial charge in [0.1, 0.15) is 29.7 Å². The first-order valence-electron chi connectivity index (χ1n) is 12.9. The van der Waals surface area contributed by atoms with E-state index in [-0.39, 0.29) is 41.2 Å². The number of methoxy groups -OCH3 is 2. The van der Waals surface area contributed by atoms with E-state index >= 15 is 0 Å². The van der Waals surface area contributed by atoms with Crippen molar-refractivity contribution < 1.29 is 23.5 Å². The van der Waals surface area contributed by atoms with E-state index in [4.69, 9.17) is 14.6 Å². The second-order valence-electron chi connectivity index (χ2n) is 10.8. The average molecular weight is 553 g/mol. The van der Waals surface area contributed by atoms with Crippen molar-refractivity contribution in [1.29, 1.82) is 0 Å². The number of thioether (sulfide) groups is 1. The maximum absolute atomic E-state index is 13.9. The molecule has 1 N–H and O–H groups in total. The third-order valence-corrected chi connectivity index (χ3v) is 8.07. The minimum atomic E-state index is -0.421. The monoisotopic (exact) mass is 552 g/mol. The van der Waals surface area contributed by atoms with Crippen molar-refractivity contribution in [2.45, 2.75) is 50.3 Å². The van der Waals surface area contributed by atoms with E-state index in [0.29, 0.717) is 23.0 Å². The van der Waals surface area contributed by atoms with Crippen molar-refractivity contribution >= 4 is 29.4 Å². The lowest BCUT2D eigenvalue weighted by Gasteiger charge is -2.25. The highest BCUT2D eigenvalue weighted by Crippen LogP contribution is 2.51. The van der Waals surface area contributed by atoms with Gasteiger partial charge in [-0.15, -0.1) is 11.8 Å². The number of ether oxygens (including phenoxy) is 2. The lowest BCUT2D eigenvalue weighted by Crippen LogP contribution is -2.43. The maximum Gasteiger partial charge on any atom is 0.240 e. The van der Waals surface area contributed by atoms with Crippen molar-refractivity contribution in [3.05, 3.63) is 65.1 Å². The number of anilines is 1. The second kappa shape index (κ2) is 10.6. The zero-order valence-electron chi connectivity index (χ0n) is 22.8. The zero-order chi connectivity index (χ0) is 27.9. The van der Waals surface area contributed by atoms with E-state index in [1.54, 1.807) is 31.0 Å². The number of benzene rings is 2. The van der Waals surface area contributed by atoms with Crippen LogP contribution in [0.15, 0.2) is 42.5 Å². The first-order chi connectivity index (χ1) is 18.6. The smallest absolute Gasteiger partial charge is 0.240 e. The highest BCUT2D eigenvalue weighted by Gasteiger charge is 2.41. The Hall–Kier alpha value is -3.53. The number of carbonyl (C=O) groups excluding carboxylic acids is 2. The lowest BCUT2D eigenvalue weighted by molar-refractivity contribution is -0.123. The van der Waals surface area contributed by atoms with Crippen molar-refractivity contribution in [1.82, 2.24) is 15.1 Å². The van der Waals surface area contributed by atoms with Gasteiger partial charge in [0.25, 0.3) is 0 Å². The maximum atomic E-state index is 13.9. The minimum absolute atomic E-state index is 0.138. The van der Waals surface area contributed by atoms with Crippen LogP contribution in [0.3, 0.4) is 0 Å². The molecule has 2 amide bonds. The summed E-state index contributed by atoms with van der Waals surface area (Å²) in [5.41, 5.74) is 2.59. The van der Waals surface area contributed by atoms with Gasteiger partial charge >= 0.3 is 0 Å². The summed E-state index contributed by atoms with van der Waals surface area (Å²) in [4.78, 5) is 28.3. The Morgan fingerprint density at radius 3 is 2.46 bits per heavy atom. The van der Waals surface area contributed by atoms with Crippen LogP contribution >= 0.6 is 11.8 Å². The van der Waals surface area contributed by atoms with E-state index in [1.165, 1.54) is 28.8 Å². The number of nitrogens with one attached hydrogen (secondary N) is 1. The predicted molar refractivity (Wildman–Crippen MR) is 150 cm³/mol. The highest BCUT2D eigenvalue weighted by molar-refractivity contribution is 8.00. The molecule has 1 saturated carbocycles. The van der Waals surface area contributed by atoms with E-state index in [1.807, 2.05) is 18.2 Å². The summed E-state index contributed by atoms with van der Waals surface area (Å²) >= 11 is 1.46. The summed E-state index contributed by atoms with van der Waals surface area (Å²) in [6.07, 6.45) is 1.89. The highest BCUT2D eigenvalue weighted by atomic mass is 32.2. The zero-order valence-corrected chi connectivity index (χ0v) is 23.6. The molecule has 5 rings (SSSR count). The van der Waals surface area contributed by atoms with Crippen molar-refractivity contribution in [2.75, 3.05) is 31.4 Å². The Morgan fingerprint density at radius 1 is 1.13 bits per heavy atom. The molecule has 2 aromatic carbocycles. The number of nitrogens with zero attached hydrogens (tertiary/aromatic N) is 3. The van der Waals surface area contributed by atoms with Crippen LogP contribution in [0.4, 0.5) is 10.2 Å². The van der Waals surface area contributed by atoms with Crippen LogP contribution in [0.2, 0.25) is 0 Å². The quantitative estimate of drug-likeness (QED) is 0.454. The number of aromatic nitrogens is 2. The number of hydrogen-bond donors (Lipinski definition) is 1. The Morgan fingerprint density at radius 2 is 1.85 bits per heavy atom. The van der Waals surface area contributed by atoms with Crippen molar-refractivity contribution in [2.24, 2.45) is 0 Å². The Balaban J connectivity index is 1.77. The molecule has 39 heavy (non-hydrogen) atoms. The van der Waals surface area contributed by atoms with Gasteiger partial charge in [-0.3, -0.25) is 14.5 Å². The summed E-state index contributed by atoms with van der Waals surface area (Å²) in [6, 6.07) is 11.7. The number of rotatable bonds is 7. The normalized spacial score (nSPS) is 17.4. The van der Waals surface area contributed by atoms with Crippen LogP contribution in [0.5, 0.6) is 11.5 Å². The molecule has 0 bridgehead atoms. The topological polar surface area (TPSA) is 85.7 Å². The molecular weight excluding hydrogens is 519 g/mol. The third kappa shape index (κ3) is 5.48. The predicted octanol–water partition coefficient (Wildman–Crippen LogP) is 4.77. The molecular formula is C29H33FN4O4S. The van der Waals surface area contributed by atoms with E-state index in [9.17, 15) is 14.0 Å². The molecule has 8 nitrogen and oxygen atoms in total. The molecule has 3 aromatic rings. The number of hydrogen-bond acceptors (Lipinski definition) is 6. The van der Waals surface area contributed by atoms with Gasteiger partial charge in [0.05, 0.1) is 36.6 Å². The van der Waals surface area contributed by atoms with Gasteiger partial charge in [-0.1, -0.05) is 20.8 Å². The first-order valence-corrected chi connectivity index (χ1v) is 14.0.